The van der Waals surface area contributed by atoms with Gasteiger partial charge >= 0.3 is 0 Å². The van der Waals surface area contributed by atoms with Gasteiger partial charge in [0.1, 0.15) is 0 Å². The van der Waals surface area contributed by atoms with E-state index in [2.05, 4.69) is 23.8 Å². The highest BCUT2D eigenvalue weighted by atomic mass is 32.2. The average Bonchev–Trinajstić information content (AvgIpc) is 1.55. The highest BCUT2D eigenvalue weighted by molar-refractivity contribution is 7.85. The average molecular weight is 196 g/mol. The molecule has 0 spiro atoms. The van der Waals surface area contributed by atoms with E-state index in [1.807, 2.05) is 0 Å². The molecule has 0 heterocycles. The Balaban J connectivity index is 3.61. The molecule has 0 amide bonds. The van der Waals surface area contributed by atoms with Gasteiger partial charge in [0.05, 0.1) is 12.9 Å². The van der Waals surface area contributed by atoms with Gasteiger partial charge in [-0.2, -0.15) is 8.42 Å². The minimum absolute atomic E-state index is 0.342. The molecular formula is C6H16O3SSi. The van der Waals surface area contributed by atoms with E-state index in [-0.39, 0.29) is 0 Å². The monoisotopic (exact) mass is 196 g/mol. The number of rotatable bonds is 4. The van der Waals surface area contributed by atoms with Gasteiger partial charge in [0.2, 0.25) is 0 Å². The largest absolute Gasteiger partial charge is 0.271 e. The van der Waals surface area contributed by atoms with Crippen LogP contribution in [-0.4, -0.2) is 29.4 Å². The van der Waals surface area contributed by atoms with Crippen LogP contribution >= 0.6 is 0 Å². The molecule has 0 radical (unpaired) electrons. The van der Waals surface area contributed by atoms with Gasteiger partial charge in [0.25, 0.3) is 10.1 Å². The van der Waals surface area contributed by atoms with Crippen LogP contribution in [0.25, 0.3) is 0 Å². The zero-order valence-electron chi connectivity index (χ0n) is 7.55. The molecule has 3 nitrogen and oxygen atoms in total. The highest BCUT2D eigenvalue weighted by Gasteiger charge is 2.13. The first-order chi connectivity index (χ1) is 4.71. The molecule has 0 fully saturated rings. The molecule has 68 valence electrons. The summed E-state index contributed by atoms with van der Waals surface area (Å²) < 4.78 is 25.6. The second kappa shape index (κ2) is 3.69. The van der Waals surface area contributed by atoms with Gasteiger partial charge in [-0.15, -0.1) is 0 Å². The summed E-state index contributed by atoms with van der Waals surface area (Å²) in [6, 6.07) is 0.889. The van der Waals surface area contributed by atoms with Crippen molar-refractivity contribution in [2.75, 3.05) is 12.9 Å². The van der Waals surface area contributed by atoms with Crippen LogP contribution in [-0.2, 0) is 14.3 Å². The Hall–Kier alpha value is 0.127. The lowest BCUT2D eigenvalue weighted by Crippen LogP contribution is -2.22. The van der Waals surface area contributed by atoms with E-state index >= 15 is 0 Å². The molecule has 0 saturated heterocycles. The van der Waals surface area contributed by atoms with Gasteiger partial charge in [-0.05, 0) is 6.04 Å². The quantitative estimate of drug-likeness (QED) is 0.503. The van der Waals surface area contributed by atoms with Crippen LogP contribution in [0.5, 0.6) is 0 Å². The predicted octanol–water partition coefficient (Wildman–Crippen LogP) is 1.30. The predicted molar refractivity (Wildman–Crippen MR) is 48.9 cm³/mol. The lowest BCUT2D eigenvalue weighted by atomic mass is 10.9. The summed E-state index contributed by atoms with van der Waals surface area (Å²) in [5.41, 5.74) is 0. The van der Waals surface area contributed by atoms with Crippen molar-refractivity contribution in [3.8, 4) is 0 Å². The van der Waals surface area contributed by atoms with Crippen molar-refractivity contribution in [2.45, 2.75) is 25.7 Å². The summed E-state index contributed by atoms with van der Waals surface area (Å²) >= 11 is 0. The SMILES string of the molecule is C[Si](C)(C)CCOS(C)(=O)=O. The first-order valence-corrected chi connectivity index (χ1v) is 9.07. The first kappa shape index (κ1) is 11.1. The third-order valence-electron chi connectivity index (χ3n) is 1.15. The zero-order chi connectivity index (χ0) is 9.12. The maximum Gasteiger partial charge on any atom is 0.264 e. The van der Waals surface area contributed by atoms with Gasteiger partial charge < -0.3 is 0 Å². The summed E-state index contributed by atoms with van der Waals surface area (Å²) in [6.07, 6.45) is 1.08. The molecule has 0 aromatic carbocycles. The first-order valence-electron chi connectivity index (χ1n) is 3.55. The Morgan fingerprint density at radius 1 is 1.27 bits per heavy atom. The molecule has 0 aliphatic heterocycles. The van der Waals surface area contributed by atoms with Crippen molar-refractivity contribution < 1.29 is 12.6 Å². The molecule has 0 atom stereocenters. The molecule has 0 saturated carbocycles. The van der Waals surface area contributed by atoms with Crippen LogP contribution in [0.4, 0.5) is 0 Å². The maximum atomic E-state index is 10.5. The standard InChI is InChI=1S/C6H16O3SSi/c1-10(7,8)9-5-6-11(2,3)4/h5-6H2,1-4H3. The van der Waals surface area contributed by atoms with Crippen molar-refractivity contribution in [3.63, 3.8) is 0 Å². The van der Waals surface area contributed by atoms with E-state index in [9.17, 15) is 8.42 Å². The summed E-state index contributed by atoms with van der Waals surface area (Å²) in [6.45, 7) is 6.88. The topological polar surface area (TPSA) is 43.4 Å². The van der Waals surface area contributed by atoms with Gasteiger partial charge in [0.15, 0.2) is 0 Å². The van der Waals surface area contributed by atoms with Crippen molar-refractivity contribution >= 4 is 18.2 Å². The van der Waals surface area contributed by atoms with Crippen molar-refractivity contribution in [2.24, 2.45) is 0 Å². The summed E-state index contributed by atoms with van der Waals surface area (Å²) in [4.78, 5) is 0. The van der Waals surface area contributed by atoms with Crippen LogP contribution in [0, 0.1) is 0 Å². The third kappa shape index (κ3) is 10.1. The van der Waals surface area contributed by atoms with E-state index in [1.54, 1.807) is 0 Å². The second-order valence-electron chi connectivity index (χ2n) is 3.84. The second-order valence-corrected chi connectivity index (χ2v) is 11.1. The molecular weight excluding hydrogens is 180 g/mol. The molecule has 11 heavy (non-hydrogen) atoms. The van der Waals surface area contributed by atoms with Crippen molar-refractivity contribution in [1.29, 1.82) is 0 Å². The Bertz CT molecular complexity index is 202. The third-order valence-corrected chi connectivity index (χ3v) is 3.45. The highest BCUT2D eigenvalue weighted by Crippen LogP contribution is 2.08. The molecule has 0 N–H and O–H groups in total. The van der Waals surface area contributed by atoms with Crippen LogP contribution in [0.2, 0.25) is 25.7 Å². The van der Waals surface area contributed by atoms with E-state index in [4.69, 9.17) is 0 Å². The molecule has 5 heteroatoms. The summed E-state index contributed by atoms with van der Waals surface area (Å²) in [7, 11) is -4.37. The van der Waals surface area contributed by atoms with E-state index in [0.29, 0.717) is 6.61 Å². The fraction of sp³-hybridized carbons (Fsp3) is 1.00. The van der Waals surface area contributed by atoms with E-state index in [1.165, 1.54) is 0 Å². The fourth-order valence-corrected chi connectivity index (χ4v) is 1.75. The maximum absolute atomic E-state index is 10.5. The van der Waals surface area contributed by atoms with E-state index < -0.39 is 18.2 Å². The molecule has 0 aliphatic rings. The molecule has 0 aromatic rings. The Labute approximate surface area is 69.9 Å². The van der Waals surface area contributed by atoms with Crippen LogP contribution in [0.15, 0.2) is 0 Å². The van der Waals surface area contributed by atoms with Gasteiger partial charge in [-0.1, -0.05) is 19.6 Å². The Kier molecular flexibility index (Phi) is 3.73. The number of hydrogen-bond acceptors (Lipinski definition) is 3. The van der Waals surface area contributed by atoms with E-state index in [0.717, 1.165) is 12.3 Å². The van der Waals surface area contributed by atoms with Crippen LogP contribution < -0.4 is 0 Å². The normalized spacial score (nSPS) is 13.5. The molecule has 0 unspecified atom stereocenters. The van der Waals surface area contributed by atoms with Crippen molar-refractivity contribution in [1.82, 2.24) is 0 Å². The van der Waals surface area contributed by atoms with Gasteiger partial charge in [-0.25, -0.2) is 0 Å². The zero-order valence-corrected chi connectivity index (χ0v) is 9.36. The smallest absolute Gasteiger partial charge is 0.264 e. The summed E-state index contributed by atoms with van der Waals surface area (Å²) in [5, 5.41) is 0. The molecule has 0 aromatic heterocycles. The Morgan fingerprint density at radius 2 is 1.73 bits per heavy atom. The molecule has 0 rings (SSSR count). The van der Waals surface area contributed by atoms with Crippen LogP contribution in [0.3, 0.4) is 0 Å². The van der Waals surface area contributed by atoms with Gasteiger partial charge in [0, 0.05) is 8.07 Å². The minimum atomic E-state index is -3.22. The fourth-order valence-electron chi connectivity index (χ4n) is 0.499. The molecule has 0 bridgehead atoms. The van der Waals surface area contributed by atoms with Crippen LogP contribution in [0.1, 0.15) is 0 Å². The Morgan fingerprint density at radius 3 is 2.00 bits per heavy atom. The van der Waals surface area contributed by atoms with Crippen molar-refractivity contribution in [3.05, 3.63) is 0 Å². The van der Waals surface area contributed by atoms with Gasteiger partial charge in [-0.3, -0.25) is 4.18 Å². The lowest BCUT2D eigenvalue weighted by molar-refractivity contribution is 0.340. The summed E-state index contributed by atoms with van der Waals surface area (Å²) in [5.74, 6) is 0. The lowest BCUT2D eigenvalue weighted by Gasteiger charge is -2.14. The molecule has 0 aliphatic carbocycles. The minimum Gasteiger partial charge on any atom is -0.271 e. The number of hydrogen-bond donors (Lipinski definition) is 0.